The molecule has 24 heavy (non-hydrogen) atoms. The molecule has 0 aliphatic carbocycles. The Morgan fingerprint density at radius 3 is 2.42 bits per heavy atom. The van der Waals surface area contributed by atoms with E-state index < -0.39 is 0 Å². The maximum Gasteiger partial charge on any atom is 0.161 e. The average Bonchev–Trinajstić information content (AvgIpc) is 2.64. The summed E-state index contributed by atoms with van der Waals surface area (Å²) in [6, 6.07) is 16.0. The van der Waals surface area contributed by atoms with Crippen molar-refractivity contribution in [2.45, 2.75) is 13.2 Å². The van der Waals surface area contributed by atoms with Gasteiger partial charge in [-0.15, -0.1) is 0 Å². The summed E-state index contributed by atoms with van der Waals surface area (Å²) in [4.78, 5) is 0. The molecule has 2 aromatic rings. The lowest BCUT2D eigenvalue weighted by Crippen LogP contribution is -2.28. The highest BCUT2D eigenvalue weighted by atomic mass is 16.5. The molecule has 0 bridgehead atoms. The van der Waals surface area contributed by atoms with Gasteiger partial charge in [0.2, 0.25) is 0 Å². The van der Waals surface area contributed by atoms with E-state index in [0.29, 0.717) is 13.2 Å². The lowest BCUT2D eigenvalue weighted by Gasteiger charge is -2.13. The van der Waals surface area contributed by atoms with Crippen LogP contribution in [0.25, 0.3) is 0 Å². The van der Waals surface area contributed by atoms with Gasteiger partial charge in [-0.3, -0.25) is 0 Å². The van der Waals surface area contributed by atoms with Crippen LogP contribution in [0.15, 0.2) is 48.5 Å². The minimum Gasteiger partial charge on any atom is -0.493 e. The third-order valence-corrected chi connectivity index (χ3v) is 3.56. The zero-order valence-electron chi connectivity index (χ0n) is 14.1. The van der Waals surface area contributed by atoms with Crippen LogP contribution in [0, 0.1) is 0 Å². The Kier molecular flexibility index (Phi) is 8.10. The molecule has 2 rings (SSSR count). The predicted octanol–water partition coefficient (Wildman–Crippen LogP) is 1.95. The van der Waals surface area contributed by atoms with E-state index in [2.05, 4.69) is 10.6 Å². The van der Waals surface area contributed by atoms with Crippen molar-refractivity contribution in [1.82, 2.24) is 10.6 Å². The molecule has 0 atom stereocenters. The fraction of sp³-hybridized carbons (Fsp3) is 0.368. The van der Waals surface area contributed by atoms with E-state index in [1.165, 1.54) is 0 Å². The number of aliphatic hydroxyl groups excluding tert-OH is 1. The molecule has 0 saturated heterocycles. The fourth-order valence-corrected chi connectivity index (χ4v) is 2.29. The minimum absolute atomic E-state index is 0.168. The Bertz CT molecular complexity index is 590. The molecule has 3 N–H and O–H groups in total. The molecular weight excluding hydrogens is 304 g/mol. The Balaban J connectivity index is 1.83. The fourth-order valence-electron chi connectivity index (χ4n) is 2.29. The first kappa shape index (κ1) is 18.3. The third-order valence-electron chi connectivity index (χ3n) is 3.56. The second-order valence-corrected chi connectivity index (χ2v) is 5.41. The van der Waals surface area contributed by atoms with Gasteiger partial charge in [-0.25, -0.2) is 0 Å². The number of aliphatic hydroxyl groups is 1. The van der Waals surface area contributed by atoms with Gasteiger partial charge in [-0.05, 0) is 23.3 Å². The molecule has 0 saturated carbocycles. The van der Waals surface area contributed by atoms with Crippen molar-refractivity contribution in [3.05, 3.63) is 59.7 Å². The quantitative estimate of drug-likeness (QED) is 0.550. The molecule has 0 aliphatic heterocycles. The van der Waals surface area contributed by atoms with Gasteiger partial charge in [-0.1, -0.05) is 36.4 Å². The van der Waals surface area contributed by atoms with Gasteiger partial charge < -0.3 is 25.2 Å². The monoisotopic (exact) mass is 330 g/mol. The number of benzene rings is 2. The predicted molar refractivity (Wildman–Crippen MR) is 95.4 cm³/mol. The summed E-state index contributed by atoms with van der Waals surface area (Å²) in [5.74, 6) is 1.48. The van der Waals surface area contributed by atoms with E-state index in [1.54, 1.807) is 7.11 Å². The van der Waals surface area contributed by atoms with Crippen molar-refractivity contribution >= 4 is 0 Å². The first-order valence-electron chi connectivity index (χ1n) is 8.19. The molecular formula is C19H26N2O3. The third kappa shape index (κ3) is 6.20. The number of hydrogen-bond acceptors (Lipinski definition) is 5. The topological polar surface area (TPSA) is 62.8 Å². The first-order chi connectivity index (χ1) is 11.8. The summed E-state index contributed by atoms with van der Waals surface area (Å²) in [7, 11) is 1.65. The molecule has 0 heterocycles. The van der Waals surface area contributed by atoms with Crippen molar-refractivity contribution in [1.29, 1.82) is 0 Å². The van der Waals surface area contributed by atoms with Crippen molar-refractivity contribution in [2.75, 3.05) is 33.4 Å². The van der Waals surface area contributed by atoms with Gasteiger partial charge in [0, 0.05) is 26.2 Å². The lowest BCUT2D eigenvalue weighted by molar-refractivity contribution is 0.284. The second-order valence-electron chi connectivity index (χ2n) is 5.41. The van der Waals surface area contributed by atoms with Crippen LogP contribution in [0.4, 0.5) is 0 Å². The molecule has 0 unspecified atom stereocenters. The molecule has 2 aromatic carbocycles. The summed E-state index contributed by atoms with van der Waals surface area (Å²) in [5.41, 5.74) is 2.27. The number of nitrogens with one attached hydrogen (secondary N) is 2. The van der Waals surface area contributed by atoms with E-state index in [-0.39, 0.29) is 6.61 Å². The van der Waals surface area contributed by atoms with Crippen LogP contribution in [-0.2, 0) is 13.2 Å². The van der Waals surface area contributed by atoms with Gasteiger partial charge in [0.15, 0.2) is 11.5 Å². The molecule has 0 aliphatic rings. The van der Waals surface area contributed by atoms with Crippen LogP contribution >= 0.6 is 0 Å². The molecule has 0 amide bonds. The van der Waals surface area contributed by atoms with Crippen LogP contribution < -0.4 is 20.1 Å². The van der Waals surface area contributed by atoms with Crippen LogP contribution in [-0.4, -0.2) is 38.5 Å². The Hall–Kier alpha value is -2.08. The van der Waals surface area contributed by atoms with Gasteiger partial charge in [0.1, 0.15) is 6.61 Å². The number of rotatable bonds is 11. The van der Waals surface area contributed by atoms with Gasteiger partial charge in [0.05, 0.1) is 13.7 Å². The summed E-state index contributed by atoms with van der Waals surface area (Å²) in [5, 5.41) is 15.2. The van der Waals surface area contributed by atoms with E-state index in [1.807, 2.05) is 48.5 Å². The van der Waals surface area contributed by atoms with E-state index >= 15 is 0 Å². The highest BCUT2D eigenvalue weighted by molar-refractivity contribution is 5.43. The van der Waals surface area contributed by atoms with Crippen LogP contribution in [0.2, 0.25) is 0 Å². The highest BCUT2D eigenvalue weighted by Crippen LogP contribution is 2.28. The van der Waals surface area contributed by atoms with E-state index in [4.69, 9.17) is 14.6 Å². The smallest absolute Gasteiger partial charge is 0.161 e. The zero-order chi connectivity index (χ0) is 17.0. The lowest BCUT2D eigenvalue weighted by atomic mass is 10.2. The van der Waals surface area contributed by atoms with Crippen molar-refractivity contribution in [3.8, 4) is 11.5 Å². The standard InChI is InChI=1S/C19H26N2O3/c1-23-19-13-17(14-21-10-9-20-11-12-22)7-8-18(19)24-15-16-5-3-2-4-6-16/h2-8,13,20-22H,9-12,14-15H2,1H3. The summed E-state index contributed by atoms with van der Waals surface area (Å²) >= 11 is 0. The molecule has 0 radical (unpaired) electrons. The number of methoxy groups -OCH3 is 1. The van der Waals surface area contributed by atoms with Crippen LogP contribution in [0.1, 0.15) is 11.1 Å². The Labute approximate surface area is 143 Å². The van der Waals surface area contributed by atoms with Gasteiger partial charge in [0.25, 0.3) is 0 Å². The Morgan fingerprint density at radius 2 is 1.67 bits per heavy atom. The first-order valence-corrected chi connectivity index (χ1v) is 8.19. The second kappa shape index (κ2) is 10.6. The van der Waals surface area contributed by atoms with Crippen LogP contribution in [0.3, 0.4) is 0 Å². The largest absolute Gasteiger partial charge is 0.493 e. The molecule has 130 valence electrons. The highest BCUT2D eigenvalue weighted by Gasteiger charge is 2.06. The summed E-state index contributed by atoms with van der Waals surface area (Å²) in [6.07, 6.45) is 0. The molecule has 0 fully saturated rings. The SMILES string of the molecule is COc1cc(CNCCNCCO)ccc1OCc1ccccc1. The number of hydrogen-bond donors (Lipinski definition) is 3. The van der Waals surface area contributed by atoms with E-state index in [0.717, 1.165) is 42.3 Å². The van der Waals surface area contributed by atoms with Crippen molar-refractivity contribution in [3.63, 3.8) is 0 Å². The average molecular weight is 330 g/mol. The van der Waals surface area contributed by atoms with Crippen LogP contribution in [0.5, 0.6) is 11.5 Å². The molecule has 5 heteroatoms. The van der Waals surface area contributed by atoms with Gasteiger partial charge in [-0.2, -0.15) is 0 Å². The van der Waals surface area contributed by atoms with Gasteiger partial charge >= 0.3 is 0 Å². The van der Waals surface area contributed by atoms with Crippen molar-refractivity contribution in [2.24, 2.45) is 0 Å². The molecule has 5 nitrogen and oxygen atoms in total. The Morgan fingerprint density at radius 1 is 0.875 bits per heavy atom. The molecule has 0 spiro atoms. The van der Waals surface area contributed by atoms with E-state index in [9.17, 15) is 0 Å². The molecule has 0 aromatic heterocycles. The maximum atomic E-state index is 8.69. The minimum atomic E-state index is 0.168. The zero-order valence-corrected chi connectivity index (χ0v) is 14.1. The maximum absolute atomic E-state index is 8.69. The normalized spacial score (nSPS) is 10.6. The summed E-state index contributed by atoms with van der Waals surface area (Å²) < 4.78 is 11.3. The van der Waals surface area contributed by atoms with Crippen molar-refractivity contribution < 1.29 is 14.6 Å². The summed E-state index contributed by atoms with van der Waals surface area (Å²) in [6.45, 7) is 3.75. The number of ether oxygens (including phenoxy) is 2.